The van der Waals surface area contributed by atoms with Crippen molar-refractivity contribution < 1.29 is 19.1 Å². The van der Waals surface area contributed by atoms with Gasteiger partial charge in [-0.2, -0.15) is 0 Å². The van der Waals surface area contributed by atoms with E-state index in [-0.39, 0.29) is 24.3 Å². The molecular weight excluding hydrogens is 504 g/mol. The summed E-state index contributed by atoms with van der Waals surface area (Å²) < 4.78 is 12.6. The average molecular weight is 533 g/mol. The number of ether oxygens (including phenoxy) is 2. The molecule has 8 nitrogen and oxygen atoms in total. The lowest BCUT2D eigenvalue weighted by Gasteiger charge is -2.21. The van der Waals surface area contributed by atoms with Crippen molar-refractivity contribution in [2.75, 3.05) is 32.6 Å². The van der Waals surface area contributed by atoms with Gasteiger partial charge in [-0.3, -0.25) is 19.5 Å². The van der Waals surface area contributed by atoms with Crippen LogP contribution in [0.25, 0.3) is 16.9 Å². The number of benzene rings is 3. The largest absolute Gasteiger partial charge is 0.497 e. The number of hydrogen-bond donors (Lipinski definition) is 1. The van der Waals surface area contributed by atoms with E-state index in [1.807, 2.05) is 62.5 Å². The molecule has 0 saturated carbocycles. The summed E-state index contributed by atoms with van der Waals surface area (Å²) in [6.45, 7) is 3.95. The topological polar surface area (TPSA) is 85.7 Å². The highest BCUT2D eigenvalue weighted by Gasteiger charge is 2.21. The number of aromatic nitrogens is 2. The Hall–Kier alpha value is -4.30. The first-order valence-electron chi connectivity index (χ1n) is 12.1. The van der Waals surface area contributed by atoms with Gasteiger partial charge in [-0.15, -0.1) is 0 Å². The van der Waals surface area contributed by atoms with E-state index in [1.165, 1.54) is 4.90 Å². The third-order valence-electron chi connectivity index (χ3n) is 6.09. The standard InChI is InChI=1S/C29H29ClN4O4/c1-5-33(28(36)25-9-7-6-8-19(25)2)18-27(35)32-29-31-26(20-10-12-21(30)13-11-20)17-34(29)22-14-23(37-3)16-24(15-22)38-4/h6-17H,5,18H2,1-4H3,(H,31,32,35). The number of hydrogen-bond acceptors (Lipinski definition) is 5. The molecule has 4 rings (SSSR count). The van der Waals surface area contributed by atoms with Gasteiger partial charge in [-0.25, -0.2) is 4.98 Å². The predicted octanol–water partition coefficient (Wildman–Crippen LogP) is 5.62. The van der Waals surface area contributed by atoms with Crippen LogP contribution >= 0.6 is 11.6 Å². The van der Waals surface area contributed by atoms with E-state index in [1.54, 1.807) is 43.1 Å². The molecule has 9 heteroatoms. The fourth-order valence-electron chi connectivity index (χ4n) is 4.00. The molecule has 0 radical (unpaired) electrons. The van der Waals surface area contributed by atoms with Gasteiger partial charge in [-0.05, 0) is 37.6 Å². The first-order chi connectivity index (χ1) is 18.3. The molecule has 38 heavy (non-hydrogen) atoms. The van der Waals surface area contributed by atoms with Gasteiger partial charge >= 0.3 is 0 Å². The molecule has 0 saturated heterocycles. The zero-order chi connectivity index (χ0) is 27.2. The molecule has 0 unspecified atom stereocenters. The molecule has 1 aromatic heterocycles. The number of anilines is 1. The molecule has 1 N–H and O–H groups in total. The fraction of sp³-hybridized carbons (Fsp3) is 0.207. The minimum absolute atomic E-state index is 0.131. The lowest BCUT2D eigenvalue weighted by molar-refractivity contribution is -0.116. The first-order valence-corrected chi connectivity index (χ1v) is 12.4. The van der Waals surface area contributed by atoms with Gasteiger partial charge in [-0.1, -0.05) is 41.9 Å². The maximum Gasteiger partial charge on any atom is 0.254 e. The van der Waals surface area contributed by atoms with Gasteiger partial charge in [0.25, 0.3) is 5.91 Å². The van der Waals surface area contributed by atoms with Gasteiger partial charge in [0.05, 0.1) is 25.6 Å². The molecule has 0 atom stereocenters. The molecule has 196 valence electrons. The van der Waals surface area contributed by atoms with Crippen LogP contribution in [0, 0.1) is 6.92 Å². The van der Waals surface area contributed by atoms with Gasteiger partial charge in [0, 0.05) is 47.1 Å². The molecule has 3 aromatic carbocycles. The molecule has 0 aliphatic carbocycles. The highest BCUT2D eigenvalue weighted by molar-refractivity contribution is 6.30. The Bertz CT molecular complexity index is 1430. The summed E-state index contributed by atoms with van der Waals surface area (Å²) in [5.41, 5.74) is 3.54. The Labute approximate surface area is 226 Å². The van der Waals surface area contributed by atoms with Crippen molar-refractivity contribution in [2.24, 2.45) is 0 Å². The zero-order valence-corrected chi connectivity index (χ0v) is 22.5. The van der Waals surface area contributed by atoms with Gasteiger partial charge < -0.3 is 14.4 Å². The molecule has 1 heterocycles. The summed E-state index contributed by atoms with van der Waals surface area (Å²) in [6, 6.07) is 20.0. The summed E-state index contributed by atoms with van der Waals surface area (Å²) in [7, 11) is 3.14. The molecular formula is C29H29ClN4O4. The SMILES string of the molecule is CCN(CC(=O)Nc1nc(-c2ccc(Cl)cc2)cn1-c1cc(OC)cc(OC)c1)C(=O)c1ccccc1C. The lowest BCUT2D eigenvalue weighted by atomic mass is 10.1. The number of amides is 2. The second-order valence-electron chi connectivity index (χ2n) is 8.58. The van der Waals surface area contributed by atoms with Crippen molar-refractivity contribution >= 4 is 29.4 Å². The second-order valence-corrected chi connectivity index (χ2v) is 9.02. The summed E-state index contributed by atoms with van der Waals surface area (Å²) in [6.07, 6.45) is 1.81. The highest BCUT2D eigenvalue weighted by Crippen LogP contribution is 2.30. The molecule has 0 bridgehead atoms. The maximum absolute atomic E-state index is 13.2. The van der Waals surface area contributed by atoms with E-state index in [9.17, 15) is 9.59 Å². The number of nitrogens with zero attached hydrogens (tertiary/aromatic N) is 3. The van der Waals surface area contributed by atoms with E-state index in [4.69, 9.17) is 26.1 Å². The van der Waals surface area contributed by atoms with Crippen LogP contribution < -0.4 is 14.8 Å². The van der Waals surface area contributed by atoms with E-state index >= 15 is 0 Å². The Morgan fingerprint density at radius 1 is 1.00 bits per heavy atom. The summed E-state index contributed by atoms with van der Waals surface area (Å²) in [5, 5.41) is 3.49. The summed E-state index contributed by atoms with van der Waals surface area (Å²) in [5.74, 6) is 0.870. The van der Waals surface area contributed by atoms with Gasteiger partial charge in [0.1, 0.15) is 18.0 Å². The number of carbonyl (C=O) groups excluding carboxylic acids is 2. The number of nitrogens with one attached hydrogen (secondary N) is 1. The van der Waals surface area contributed by atoms with Crippen molar-refractivity contribution in [3.63, 3.8) is 0 Å². The van der Waals surface area contributed by atoms with Crippen LogP contribution in [-0.4, -0.2) is 53.6 Å². The Kier molecular flexibility index (Phi) is 8.33. The van der Waals surface area contributed by atoms with Crippen LogP contribution in [-0.2, 0) is 4.79 Å². The van der Waals surface area contributed by atoms with Gasteiger partial charge in [0.2, 0.25) is 11.9 Å². The van der Waals surface area contributed by atoms with Crippen LogP contribution in [0.3, 0.4) is 0 Å². The summed E-state index contributed by atoms with van der Waals surface area (Å²) >= 11 is 6.07. The number of halogens is 1. The quantitative estimate of drug-likeness (QED) is 0.302. The van der Waals surface area contributed by atoms with Crippen molar-refractivity contribution in [3.8, 4) is 28.4 Å². The first kappa shape index (κ1) is 26.8. The monoisotopic (exact) mass is 532 g/mol. The Balaban J connectivity index is 1.67. The Morgan fingerprint density at radius 3 is 2.26 bits per heavy atom. The van der Waals surface area contributed by atoms with Crippen molar-refractivity contribution in [1.29, 1.82) is 0 Å². The smallest absolute Gasteiger partial charge is 0.254 e. The number of carbonyl (C=O) groups is 2. The van der Waals surface area contributed by atoms with Crippen LogP contribution in [0.5, 0.6) is 11.5 Å². The molecule has 4 aromatic rings. The predicted molar refractivity (Wildman–Crippen MR) is 149 cm³/mol. The Morgan fingerprint density at radius 2 is 1.66 bits per heavy atom. The third-order valence-corrected chi connectivity index (χ3v) is 6.34. The molecule has 2 amide bonds. The summed E-state index contributed by atoms with van der Waals surface area (Å²) in [4.78, 5) is 32.5. The van der Waals surface area contributed by atoms with Crippen LogP contribution in [0.1, 0.15) is 22.8 Å². The molecule has 0 aliphatic rings. The van der Waals surface area contributed by atoms with E-state index in [2.05, 4.69) is 5.32 Å². The maximum atomic E-state index is 13.2. The number of imidazole rings is 1. The molecule has 0 spiro atoms. The van der Waals surface area contributed by atoms with E-state index < -0.39 is 0 Å². The highest BCUT2D eigenvalue weighted by atomic mass is 35.5. The van der Waals surface area contributed by atoms with Crippen molar-refractivity contribution in [3.05, 3.63) is 89.1 Å². The average Bonchev–Trinajstić information content (AvgIpc) is 3.35. The van der Waals surface area contributed by atoms with Crippen LogP contribution in [0.2, 0.25) is 5.02 Å². The van der Waals surface area contributed by atoms with Crippen LogP contribution in [0.15, 0.2) is 72.9 Å². The molecule has 0 aliphatic heterocycles. The number of methoxy groups -OCH3 is 2. The number of aryl methyl sites for hydroxylation is 1. The lowest BCUT2D eigenvalue weighted by Crippen LogP contribution is -2.38. The number of likely N-dealkylation sites (N-methyl/N-ethyl adjacent to an activating group) is 1. The third kappa shape index (κ3) is 5.98. The van der Waals surface area contributed by atoms with E-state index in [0.717, 1.165) is 11.1 Å². The van der Waals surface area contributed by atoms with Crippen molar-refractivity contribution in [2.45, 2.75) is 13.8 Å². The van der Waals surface area contributed by atoms with E-state index in [0.29, 0.717) is 40.0 Å². The van der Waals surface area contributed by atoms with Crippen LogP contribution in [0.4, 0.5) is 5.95 Å². The zero-order valence-electron chi connectivity index (χ0n) is 21.7. The molecule has 0 fully saturated rings. The fourth-order valence-corrected chi connectivity index (χ4v) is 4.13. The normalized spacial score (nSPS) is 10.7. The second kappa shape index (κ2) is 11.8. The van der Waals surface area contributed by atoms with Gasteiger partial charge in [0.15, 0.2) is 0 Å². The number of rotatable bonds is 9. The minimum Gasteiger partial charge on any atom is -0.497 e. The van der Waals surface area contributed by atoms with Crippen molar-refractivity contribution in [1.82, 2.24) is 14.5 Å². The minimum atomic E-state index is -0.377.